The van der Waals surface area contributed by atoms with E-state index in [0.29, 0.717) is 11.5 Å². The predicted molar refractivity (Wildman–Crippen MR) is 96.2 cm³/mol. The van der Waals surface area contributed by atoms with Crippen molar-refractivity contribution in [3.63, 3.8) is 0 Å². The van der Waals surface area contributed by atoms with Crippen LogP contribution in [0, 0.1) is 23.7 Å². The second-order valence-corrected chi connectivity index (χ2v) is 8.27. The van der Waals surface area contributed by atoms with E-state index in [9.17, 15) is 4.79 Å². The van der Waals surface area contributed by atoms with E-state index in [0.717, 1.165) is 24.2 Å². The molecule has 2 heteroatoms. The van der Waals surface area contributed by atoms with E-state index in [-0.39, 0.29) is 12.1 Å². The van der Waals surface area contributed by atoms with Gasteiger partial charge in [0.25, 0.3) is 0 Å². The maximum Gasteiger partial charge on any atom is 0.333 e. The van der Waals surface area contributed by atoms with E-state index < -0.39 is 0 Å². The zero-order chi connectivity index (χ0) is 16.8. The van der Waals surface area contributed by atoms with E-state index in [2.05, 4.69) is 20.4 Å². The Kier molecular flexibility index (Phi) is 7.17. The van der Waals surface area contributed by atoms with Crippen molar-refractivity contribution < 1.29 is 9.53 Å². The molecule has 2 rings (SSSR count). The molecule has 0 bridgehead atoms. The molecule has 0 saturated heterocycles. The smallest absolute Gasteiger partial charge is 0.333 e. The van der Waals surface area contributed by atoms with Gasteiger partial charge in [0, 0.05) is 5.57 Å². The van der Waals surface area contributed by atoms with Gasteiger partial charge in [-0.2, -0.15) is 0 Å². The van der Waals surface area contributed by atoms with Gasteiger partial charge in [0.1, 0.15) is 6.10 Å². The fourth-order valence-corrected chi connectivity index (χ4v) is 4.44. The van der Waals surface area contributed by atoms with Gasteiger partial charge >= 0.3 is 5.97 Å². The van der Waals surface area contributed by atoms with Crippen LogP contribution in [-0.2, 0) is 9.53 Å². The number of hydrogen-bond donors (Lipinski definition) is 0. The number of rotatable bonds is 6. The van der Waals surface area contributed by atoms with Crippen molar-refractivity contribution in [2.45, 2.75) is 91.1 Å². The van der Waals surface area contributed by atoms with Gasteiger partial charge in [-0.25, -0.2) is 4.79 Å². The molecule has 132 valence electrons. The number of esters is 1. The first-order chi connectivity index (χ1) is 11.0. The molecule has 2 aliphatic rings. The molecule has 2 saturated carbocycles. The molecule has 0 amide bonds. The standard InChI is InChI=1S/C21H36O2/c1-5-17-8-10-18(11-9-17)14-20(23-21(22)15(2)3)19-12-6-16(4)7-13-19/h16-20H,2,5-14H2,1,3-4H3. The van der Waals surface area contributed by atoms with Crippen LogP contribution in [0.25, 0.3) is 0 Å². The lowest BCUT2D eigenvalue weighted by Crippen LogP contribution is -2.33. The van der Waals surface area contributed by atoms with Crippen LogP contribution in [0.15, 0.2) is 12.2 Å². The third kappa shape index (κ3) is 5.65. The zero-order valence-corrected chi connectivity index (χ0v) is 15.5. The van der Waals surface area contributed by atoms with Crippen molar-refractivity contribution >= 4 is 5.97 Å². The molecule has 0 N–H and O–H groups in total. The first-order valence-corrected chi connectivity index (χ1v) is 9.86. The second-order valence-electron chi connectivity index (χ2n) is 8.27. The summed E-state index contributed by atoms with van der Waals surface area (Å²) in [7, 11) is 0. The van der Waals surface area contributed by atoms with Gasteiger partial charge in [0.05, 0.1) is 0 Å². The predicted octanol–water partition coefficient (Wildman–Crippen LogP) is 5.91. The van der Waals surface area contributed by atoms with Crippen LogP contribution in [0.3, 0.4) is 0 Å². The molecule has 0 aromatic rings. The van der Waals surface area contributed by atoms with Crippen LogP contribution in [0.5, 0.6) is 0 Å². The van der Waals surface area contributed by atoms with E-state index >= 15 is 0 Å². The van der Waals surface area contributed by atoms with Crippen molar-refractivity contribution in [3.05, 3.63) is 12.2 Å². The van der Waals surface area contributed by atoms with Crippen LogP contribution in [0.4, 0.5) is 0 Å². The van der Waals surface area contributed by atoms with Crippen molar-refractivity contribution in [1.29, 1.82) is 0 Å². The highest BCUT2D eigenvalue weighted by Crippen LogP contribution is 2.38. The van der Waals surface area contributed by atoms with E-state index in [4.69, 9.17) is 4.74 Å². The molecule has 0 aromatic heterocycles. The number of carbonyl (C=O) groups excluding carboxylic acids is 1. The molecule has 0 heterocycles. The summed E-state index contributed by atoms with van der Waals surface area (Å²) in [6.45, 7) is 10.2. The third-order valence-corrected chi connectivity index (χ3v) is 6.30. The van der Waals surface area contributed by atoms with E-state index in [1.165, 1.54) is 57.8 Å². The molecule has 1 atom stereocenters. The molecule has 0 spiro atoms. The average molecular weight is 321 g/mol. The van der Waals surface area contributed by atoms with Crippen LogP contribution in [0.1, 0.15) is 85.0 Å². The minimum atomic E-state index is -0.184. The Hall–Kier alpha value is -0.790. The van der Waals surface area contributed by atoms with E-state index in [1.54, 1.807) is 6.92 Å². The first kappa shape index (κ1) is 18.5. The summed E-state index contributed by atoms with van der Waals surface area (Å²) < 4.78 is 5.90. The Bertz CT molecular complexity index is 385. The van der Waals surface area contributed by atoms with Crippen LogP contribution in [0.2, 0.25) is 0 Å². The highest BCUT2D eigenvalue weighted by molar-refractivity contribution is 5.87. The summed E-state index contributed by atoms with van der Waals surface area (Å²) >= 11 is 0. The largest absolute Gasteiger partial charge is 0.459 e. The Morgan fingerprint density at radius 3 is 2.13 bits per heavy atom. The zero-order valence-electron chi connectivity index (χ0n) is 15.5. The van der Waals surface area contributed by atoms with Crippen LogP contribution >= 0.6 is 0 Å². The summed E-state index contributed by atoms with van der Waals surface area (Å²) in [4.78, 5) is 12.1. The summed E-state index contributed by atoms with van der Waals surface area (Å²) in [5.41, 5.74) is 0.536. The molecule has 0 aromatic carbocycles. The van der Waals surface area contributed by atoms with Gasteiger partial charge in [0.15, 0.2) is 0 Å². The van der Waals surface area contributed by atoms with Crippen LogP contribution < -0.4 is 0 Å². The molecular weight excluding hydrogens is 284 g/mol. The van der Waals surface area contributed by atoms with Crippen molar-refractivity contribution in [3.8, 4) is 0 Å². The lowest BCUT2D eigenvalue weighted by Gasteiger charge is -2.36. The number of carbonyl (C=O) groups is 1. The summed E-state index contributed by atoms with van der Waals surface area (Å²) in [6.07, 6.45) is 12.9. The molecule has 1 unspecified atom stereocenters. The Morgan fingerprint density at radius 1 is 1.04 bits per heavy atom. The summed E-state index contributed by atoms with van der Waals surface area (Å²) in [6, 6.07) is 0. The third-order valence-electron chi connectivity index (χ3n) is 6.30. The highest BCUT2D eigenvalue weighted by atomic mass is 16.5. The molecule has 2 fully saturated rings. The monoisotopic (exact) mass is 320 g/mol. The van der Waals surface area contributed by atoms with Crippen LogP contribution in [-0.4, -0.2) is 12.1 Å². The summed E-state index contributed by atoms with van der Waals surface area (Å²) in [5.74, 6) is 2.90. The van der Waals surface area contributed by atoms with Crippen molar-refractivity contribution in [2.75, 3.05) is 0 Å². The van der Waals surface area contributed by atoms with Gasteiger partial charge in [0.2, 0.25) is 0 Å². The topological polar surface area (TPSA) is 26.3 Å². The number of ether oxygens (including phenoxy) is 1. The SMILES string of the molecule is C=C(C)C(=O)OC(CC1CCC(CC)CC1)C1CCC(C)CC1. The van der Waals surface area contributed by atoms with Gasteiger partial charge in [-0.3, -0.25) is 0 Å². The van der Waals surface area contributed by atoms with Gasteiger partial charge < -0.3 is 4.74 Å². The fraction of sp³-hybridized carbons (Fsp3) is 0.857. The van der Waals surface area contributed by atoms with E-state index in [1.807, 2.05) is 0 Å². The van der Waals surface area contributed by atoms with Crippen molar-refractivity contribution in [1.82, 2.24) is 0 Å². The lowest BCUT2D eigenvalue weighted by molar-refractivity contribution is -0.149. The number of hydrogen-bond acceptors (Lipinski definition) is 2. The maximum absolute atomic E-state index is 12.1. The molecule has 2 nitrogen and oxygen atoms in total. The molecule has 23 heavy (non-hydrogen) atoms. The lowest BCUT2D eigenvalue weighted by atomic mass is 9.74. The Morgan fingerprint density at radius 2 is 1.61 bits per heavy atom. The minimum Gasteiger partial charge on any atom is -0.459 e. The molecular formula is C21H36O2. The maximum atomic E-state index is 12.1. The highest BCUT2D eigenvalue weighted by Gasteiger charge is 2.32. The molecule has 0 radical (unpaired) electrons. The quantitative estimate of drug-likeness (QED) is 0.449. The first-order valence-electron chi connectivity index (χ1n) is 9.86. The normalized spacial score (nSPS) is 33.0. The second kappa shape index (κ2) is 8.89. The van der Waals surface area contributed by atoms with Gasteiger partial charge in [-0.1, -0.05) is 65.4 Å². The molecule has 2 aliphatic carbocycles. The summed E-state index contributed by atoms with van der Waals surface area (Å²) in [5, 5.41) is 0. The molecule has 0 aliphatic heterocycles. The Balaban J connectivity index is 1.93. The van der Waals surface area contributed by atoms with Gasteiger partial charge in [-0.05, 0) is 49.9 Å². The minimum absolute atomic E-state index is 0.120. The Labute approximate surface area is 143 Å². The van der Waals surface area contributed by atoms with Crippen molar-refractivity contribution in [2.24, 2.45) is 23.7 Å². The average Bonchev–Trinajstić information content (AvgIpc) is 2.55. The van der Waals surface area contributed by atoms with Gasteiger partial charge in [-0.15, -0.1) is 0 Å². The fourth-order valence-electron chi connectivity index (χ4n) is 4.44.